The molecule has 1 heterocycles. The molecule has 0 saturated heterocycles. The van der Waals surface area contributed by atoms with Crippen LogP contribution in [0.5, 0.6) is 0 Å². The normalized spacial score (nSPS) is 14.7. The van der Waals surface area contributed by atoms with Gasteiger partial charge in [-0.2, -0.15) is 0 Å². The molecule has 2 aromatic carbocycles. The number of hydrogen-bond acceptors (Lipinski definition) is 3. The summed E-state index contributed by atoms with van der Waals surface area (Å²) >= 11 is 0. The zero-order valence-electron chi connectivity index (χ0n) is 15.8. The predicted molar refractivity (Wildman–Crippen MR) is 103 cm³/mol. The number of amides is 2. The molecule has 1 aliphatic carbocycles. The Morgan fingerprint density at radius 2 is 1.86 bits per heavy atom. The summed E-state index contributed by atoms with van der Waals surface area (Å²) in [5.41, 5.74) is 7.18. The van der Waals surface area contributed by atoms with Crippen LogP contribution in [0.1, 0.15) is 41.5 Å². The van der Waals surface area contributed by atoms with E-state index >= 15 is 0 Å². The predicted octanol–water partition coefficient (Wildman–Crippen LogP) is 3.00. The second kappa shape index (κ2) is 6.74. The molecular formula is C21H21FN4O2. The second-order valence-corrected chi connectivity index (χ2v) is 7.10. The Bertz CT molecular complexity index is 1070. The van der Waals surface area contributed by atoms with Crippen molar-refractivity contribution in [2.75, 3.05) is 0 Å². The monoisotopic (exact) mass is 380 g/mol. The molecule has 0 atom stereocenters. The molecule has 1 fully saturated rings. The fourth-order valence-electron chi connectivity index (χ4n) is 3.64. The van der Waals surface area contributed by atoms with Gasteiger partial charge in [-0.25, -0.2) is 9.37 Å². The Balaban J connectivity index is 1.46. The smallest absolute Gasteiger partial charge is 0.269 e. The number of carbonyl (C=O) groups excluding carboxylic acids is 2. The van der Waals surface area contributed by atoms with Gasteiger partial charge in [0.2, 0.25) is 5.91 Å². The van der Waals surface area contributed by atoms with E-state index < -0.39 is 11.3 Å². The van der Waals surface area contributed by atoms with Crippen LogP contribution in [0.4, 0.5) is 4.39 Å². The molecule has 28 heavy (non-hydrogen) atoms. The number of aromatic nitrogens is 2. The maximum absolute atomic E-state index is 13.1. The maximum Gasteiger partial charge on any atom is 0.269 e. The lowest BCUT2D eigenvalue weighted by molar-refractivity contribution is -0.124. The molecule has 0 radical (unpaired) electrons. The van der Waals surface area contributed by atoms with Gasteiger partial charge in [-0.3, -0.25) is 20.4 Å². The van der Waals surface area contributed by atoms with Crippen LogP contribution in [0.25, 0.3) is 11.0 Å². The van der Waals surface area contributed by atoms with E-state index in [0.29, 0.717) is 18.4 Å². The van der Waals surface area contributed by atoms with Crippen LogP contribution in [0.3, 0.4) is 0 Å². The minimum Gasteiger partial charge on any atom is -0.329 e. The molecule has 1 aliphatic rings. The molecule has 0 unspecified atom stereocenters. The van der Waals surface area contributed by atoms with Gasteiger partial charge in [0.15, 0.2) is 0 Å². The molecule has 2 N–H and O–H groups in total. The highest BCUT2D eigenvalue weighted by Gasteiger charge is 2.51. The van der Waals surface area contributed by atoms with Gasteiger partial charge in [0.25, 0.3) is 5.91 Å². The number of rotatable bonds is 4. The number of hydrazine groups is 1. The largest absolute Gasteiger partial charge is 0.329 e. The van der Waals surface area contributed by atoms with Gasteiger partial charge in [0, 0.05) is 12.1 Å². The van der Waals surface area contributed by atoms with Crippen molar-refractivity contribution < 1.29 is 14.0 Å². The second-order valence-electron chi connectivity index (χ2n) is 7.10. The van der Waals surface area contributed by atoms with E-state index in [4.69, 9.17) is 0 Å². The standard InChI is InChI=1S/C21H21FN4O2/c1-3-26-13(2)23-17-12-14(4-9-18(17)26)19(27)24-25-20(28)21(10-11-21)15-5-7-16(22)8-6-15/h4-9,12H,3,10-11H2,1-2H3,(H,24,27)(H,25,28). The van der Waals surface area contributed by atoms with E-state index in [1.807, 2.05) is 19.9 Å². The first kappa shape index (κ1) is 18.2. The highest BCUT2D eigenvalue weighted by atomic mass is 19.1. The SMILES string of the molecule is CCn1c(C)nc2cc(C(=O)NNC(=O)C3(c4ccc(F)cc4)CC3)ccc21. The molecule has 2 amide bonds. The fourth-order valence-corrected chi connectivity index (χ4v) is 3.64. The Morgan fingerprint density at radius 1 is 1.14 bits per heavy atom. The lowest BCUT2D eigenvalue weighted by Gasteiger charge is -2.16. The van der Waals surface area contributed by atoms with Crippen molar-refractivity contribution in [3.63, 3.8) is 0 Å². The van der Waals surface area contributed by atoms with Crippen molar-refractivity contribution in [2.45, 2.75) is 38.6 Å². The first-order valence-electron chi connectivity index (χ1n) is 9.28. The minimum absolute atomic E-state index is 0.292. The number of halogens is 1. The Morgan fingerprint density at radius 3 is 2.50 bits per heavy atom. The van der Waals surface area contributed by atoms with E-state index in [9.17, 15) is 14.0 Å². The zero-order chi connectivity index (χ0) is 19.9. The summed E-state index contributed by atoms with van der Waals surface area (Å²) in [5, 5.41) is 0. The summed E-state index contributed by atoms with van der Waals surface area (Å²) in [5.74, 6) is -0.156. The van der Waals surface area contributed by atoms with Crippen LogP contribution >= 0.6 is 0 Å². The van der Waals surface area contributed by atoms with E-state index in [1.54, 1.807) is 24.3 Å². The van der Waals surface area contributed by atoms with Crippen molar-refractivity contribution in [3.8, 4) is 0 Å². The molecule has 0 aliphatic heterocycles. The Kier molecular flexibility index (Phi) is 4.37. The highest BCUT2D eigenvalue weighted by Crippen LogP contribution is 2.48. The van der Waals surface area contributed by atoms with Crippen molar-refractivity contribution in [1.29, 1.82) is 0 Å². The molecule has 7 heteroatoms. The summed E-state index contributed by atoms with van der Waals surface area (Å²) in [7, 11) is 0. The van der Waals surface area contributed by atoms with Crippen LogP contribution in [-0.2, 0) is 16.8 Å². The third kappa shape index (κ3) is 3.02. The van der Waals surface area contributed by atoms with Gasteiger partial charge < -0.3 is 4.57 Å². The molecule has 4 rings (SSSR count). The van der Waals surface area contributed by atoms with Crippen LogP contribution in [0, 0.1) is 12.7 Å². The van der Waals surface area contributed by atoms with Gasteiger partial charge >= 0.3 is 0 Å². The van der Waals surface area contributed by atoms with Crippen molar-refractivity contribution in [1.82, 2.24) is 20.4 Å². The van der Waals surface area contributed by atoms with E-state index in [2.05, 4.69) is 20.4 Å². The average Bonchev–Trinajstić information content (AvgIpc) is 3.43. The van der Waals surface area contributed by atoms with Crippen LogP contribution in [0.2, 0.25) is 0 Å². The van der Waals surface area contributed by atoms with Gasteiger partial charge in [0.1, 0.15) is 11.6 Å². The summed E-state index contributed by atoms with van der Waals surface area (Å²) in [4.78, 5) is 29.6. The number of hydrogen-bond donors (Lipinski definition) is 2. The van der Waals surface area contributed by atoms with E-state index in [-0.39, 0.29) is 11.7 Å². The Hall–Kier alpha value is -3.22. The molecule has 0 bridgehead atoms. The molecule has 6 nitrogen and oxygen atoms in total. The number of aryl methyl sites for hydroxylation is 2. The van der Waals surface area contributed by atoms with Crippen molar-refractivity contribution in [3.05, 3.63) is 65.2 Å². The number of nitrogens with one attached hydrogen (secondary N) is 2. The summed E-state index contributed by atoms with van der Waals surface area (Å²) < 4.78 is 15.2. The number of imidazole rings is 1. The van der Waals surface area contributed by atoms with Crippen LogP contribution < -0.4 is 10.9 Å². The topological polar surface area (TPSA) is 76.0 Å². The molecule has 1 aromatic heterocycles. The van der Waals surface area contributed by atoms with Gasteiger partial charge in [-0.15, -0.1) is 0 Å². The molecule has 1 saturated carbocycles. The van der Waals surface area contributed by atoms with Crippen molar-refractivity contribution >= 4 is 22.8 Å². The lowest BCUT2D eigenvalue weighted by Crippen LogP contribution is -2.46. The average molecular weight is 380 g/mol. The van der Waals surface area contributed by atoms with Crippen LogP contribution in [-0.4, -0.2) is 21.4 Å². The minimum atomic E-state index is -0.693. The summed E-state index contributed by atoms with van der Waals surface area (Å²) in [6, 6.07) is 11.2. The summed E-state index contributed by atoms with van der Waals surface area (Å²) in [6.07, 6.45) is 1.33. The zero-order valence-corrected chi connectivity index (χ0v) is 15.8. The van der Waals surface area contributed by atoms with Gasteiger partial charge in [-0.05, 0) is 62.6 Å². The molecule has 3 aromatic rings. The lowest BCUT2D eigenvalue weighted by atomic mass is 9.95. The van der Waals surface area contributed by atoms with E-state index in [0.717, 1.165) is 29.0 Å². The number of fused-ring (bicyclic) bond motifs is 1. The molecule has 0 spiro atoms. The van der Waals surface area contributed by atoms with Crippen molar-refractivity contribution in [2.24, 2.45) is 0 Å². The van der Waals surface area contributed by atoms with Crippen LogP contribution in [0.15, 0.2) is 42.5 Å². The van der Waals surface area contributed by atoms with Gasteiger partial charge in [-0.1, -0.05) is 12.1 Å². The highest BCUT2D eigenvalue weighted by molar-refractivity contribution is 5.99. The molecular weight excluding hydrogens is 359 g/mol. The number of benzene rings is 2. The number of nitrogens with zero attached hydrogens (tertiary/aromatic N) is 2. The van der Waals surface area contributed by atoms with E-state index in [1.165, 1.54) is 12.1 Å². The third-order valence-electron chi connectivity index (χ3n) is 5.39. The fraction of sp³-hybridized carbons (Fsp3) is 0.286. The Labute approximate surface area is 161 Å². The summed E-state index contributed by atoms with van der Waals surface area (Å²) in [6.45, 7) is 4.77. The van der Waals surface area contributed by atoms with Gasteiger partial charge in [0.05, 0.1) is 16.4 Å². The quantitative estimate of drug-likeness (QED) is 0.683. The maximum atomic E-state index is 13.1. The number of carbonyl (C=O) groups is 2. The third-order valence-corrected chi connectivity index (χ3v) is 5.39. The first-order chi connectivity index (χ1) is 13.4. The molecule has 144 valence electrons. The first-order valence-corrected chi connectivity index (χ1v) is 9.28.